The first-order chi connectivity index (χ1) is 11.6. The number of anilines is 1. The molecular formula is C14H17FN6O3. The topological polar surface area (TPSA) is 117 Å². The molecule has 1 aromatic carbocycles. The van der Waals surface area contributed by atoms with E-state index >= 15 is 0 Å². The number of nitrogen functional groups attached to an aromatic ring is 1. The molecule has 2 heterocycles. The fraction of sp³-hybridized carbons (Fsp3) is 0.429. The Morgan fingerprint density at radius 1 is 1.54 bits per heavy atom. The zero-order valence-corrected chi connectivity index (χ0v) is 12.8. The molecule has 1 aliphatic rings. The average Bonchev–Trinajstić information content (AvgIpc) is 2.94. The molecule has 1 aromatic heterocycles. The lowest BCUT2D eigenvalue weighted by Gasteiger charge is -2.32. The normalized spacial score (nSPS) is 20.5. The minimum atomic E-state index is -0.421. The van der Waals surface area contributed by atoms with E-state index in [0.29, 0.717) is 25.4 Å². The van der Waals surface area contributed by atoms with Crippen LogP contribution >= 0.6 is 0 Å². The standard InChI is InChI=1S/C14H17FN6O3/c15-9-2-1-3-10(6-9)24-12-8-23-5-4-11(12)17-13(22)7-21-14(16)18-19-20-21/h1-3,6,11-12H,4-5,7-8H2,(H,17,22)(H2,16,18,20)/t11-,12-/m1/s1. The van der Waals surface area contributed by atoms with Gasteiger partial charge in [0, 0.05) is 12.7 Å². The molecule has 9 nitrogen and oxygen atoms in total. The van der Waals surface area contributed by atoms with Crippen LogP contribution in [0.5, 0.6) is 5.75 Å². The SMILES string of the molecule is Nc1nnnn1CC(=O)N[C@@H]1CCOC[C@H]1Oc1cccc(F)c1. The maximum Gasteiger partial charge on any atom is 0.242 e. The number of hydrogen-bond donors (Lipinski definition) is 2. The van der Waals surface area contributed by atoms with Crippen molar-refractivity contribution in [3.05, 3.63) is 30.1 Å². The van der Waals surface area contributed by atoms with Crippen molar-refractivity contribution >= 4 is 11.9 Å². The van der Waals surface area contributed by atoms with Crippen LogP contribution in [0.1, 0.15) is 6.42 Å². The van der Waals surface area contributed by atoms with Crippen LogP contribution in [0.3, 0.4) is 0 Å². The summed E-state index contributed by atoms with van der Waals surface area (Å²) in [5, 5.41) is 13.4. The number of rotatable bonds is 5. The van der Waals surface area contributed by atoms with Crippen molar-refractivity contribution in [2.45, 2.75) is 25.1 Å². The number of nitrogens with one attached hydrogen (secondary N) is 1. The summed E-state index contributed by atoms with van der Waals surface area (Å²) in [6, 6.07) is 5.56. The van der Waals surface area contributed by atoms with Gasteiger partial charge in [-0.1, -0.05) is 11.2 Å². The molecule has 0 unspecified atom stereocenters. The van der Waals surface area contributed by atoms with Crippen LogP contribution in [-0.2, 0) is 16.1 Å². The molecule has 0 bridgehead atoms. The molecule has 3 N–H and O–H groups in total. The summed E-state index contributed by atoms with van der Waals surface area (Å²) in [5.74, 6) is -0.244. The first-order valence-electron chi connectivity index (χ1n) is 7.43. The van der Waals surface area contributed by atoms with Crippen molar-refractivity contribution < 1.29 is 18.7 Å². The molecule has 0 spiro atoms. The van der Waals surface area contributed by atoms with Gasteiger partial charge >= 0.3 is 0 Å². The molecule has 2 atom stereocenters. The number of tetrazole rings is 1. The zero-order chi connectivity index (χ0) is 16.9. The number of hydrogen-bond acceptors (Lipinski definition) is 7. The van der Waals surface area contributed by atoms with Crippen molar-refractivity contribution in [3.63, 3.8) is 0 Å². The molecule has 10 heteroatoms. The van der Waals surface area contributed by atoms with E-state index in [2.05, 4.69) is 20.8 Å². The van der Waals surface area contributed by atoms with Gasteiger partial charge in [0.05, 0.1) is 12.6 Å². The lowest BCUT2D eigenvalue weighted by atomic mass is 10.1. The lowest BCUT2D eigenvalue weighted by molar-refractivity contribution is -0.124. The maximum absolute atomic E-state index is 13.3. The van der Waals surface area contributed by atoms with Crippen LogP contribution in [0.15, 0.2) is 24.3 Å². The van der Waals surface area contributed by atoms with Crippen molar-refractivity contribution in [1.82, 2.24) is 25.5 Å². The van der Waals surface area contributed by atoms with E-state index in [1.165, 1.54) is 16.8 Å². The van der Waals surface area contributed by atoms with Crippen LogP contribution in [0, 0.1) is 5.82 Å². The summed E-state index contributed by atoms with van der Waals surface area (Å²) in [4.78, 5) is 12.1. The third-order valence-electron chi connectivity index (χ3n) is 3.59. The summed E-state index contributed by atoms with van der Waals surface area (Å²) in [6.07, 6.45) is 0.160. The molecule has 1 amide bonds. The zero-order valence-electron chi connectivity index (χ0n) is 12.8. The van der Waals surface area contributed by atoms with Gasteiger partial charge < -0.3 is 20.5 Å². The first-order valence-corrected chi connectivity index (χ1v) is 7.43. The molecule has 1 saturated heterocycles. The molecule has 1 fully saturated rings. The first kappa shape index (κ1) is 16.1. The predicted octanol–water partition coefficient (Wildman–Crippen LogP) is -0.253. The largest absolute Gasteiger partial charge is 0.486 e. The number of nitrogens with two attached hydrogens (primary N) is 1. The van der Waals surface area contributed by atoms with E-state index in [4.69, 9.17) is 15.2 Å². The van der Waals surface area contributed by atoms with E-state index in [9.17, 15) is 9.18 Å². The Bertz CT molecular complexity index is 709. The second-order valence-electron chi connectivity index (χ2n) is 5.35. The Morgan fingerprint density at radius 3 is 3.17 bits per heavy atom. The Morgan fingerprint density at radius 2 is 2.42 bits per heavy atom. The van der Waals surface area contributed by atoms with Gasteiger partial charge in [0.15, 0.2) is 0 Å². The molecule has 3 rings (SSSR count). The maximum atomic E-state index is 13.3. The summed E-state index contributed by atoms with van der Waals surface area (Å²) >= 11 is 0. The third-order valence-corrected chi connectivity index (χ3v) is 3.59. The second kappa shape index (κ2) is 7.21. The molecule has 1 aliphatic heterocycles. The molecule has 0 radical (unpaired) electrons. The molecule has 128 valence electrons. The second-order valence-corrected chi connectivity index (χ2v) is 5.35. The highest BCUT2D eigenvalue weighted by molar-refractivity contribution is 5.76. The number of aromatic nitrogens is 4. The Balaban J connectivity index is 1.61. The Labute approximate surface area is 136 Å². The van der Waals surface area contributed by atoms with E-state index in [1.54, 1.807) is 12.1 Å². The number of carbonyl (C=O) groups is 1. The van der Waals surface area contributed by atoms with Gasteiger partial charge in [-0.05, 0) is 29.0 Å². The number of nitrogens with zero attached hydrogens (tertiary/aromatic N) is 4. The fourth-order valence-corrected chi connectivity index (χ4v) is 2.42. The van der Waals surface area contributed by atoms with Gasteiger partial charge in [-0.3, -0.25) is 4.79 Å². The highest BCUT2D eigenvalue weighted by atomic mass is 19.1. The molecular weight excluding hydrogens is 319 g/mol. The van der Waals surface area contributed by atoms with Gasteiger partial charge in [-0.25, -0.2) is 9.07 Å². The lowest BCUT2D eigenvalue weighted by Crippen LogP contribution is -2.52. The fourth-order valence-electron chi connectivity index (χ4n) is 2.42. The minimum absolute atomic E-state index is 0.0599. The van der Waals surface area contributed by atoms with E-state index in [1.807, 2.05) is 0 Å². The summed E-state index contributed by atoms with van der Waals surface area (Å²) in [7, 11) is 0. The summed E-state index contributed by atoms with van der Waals surface area (Å²) in [6.45, 7) is 0.707. The summed E-state index contributed by atoms with van der Waals surface area (Å²) in [5.41, 5.74) is 5.53. The number of carbonyl (C=O) groups excluding carboxylic acids is 1. The Kier molecular flexibility index (Phi) is 4.85. The van der Waals surface area contributed by atoms with Gasteiger partial charge in [-0.2, -0.15) is 0 Å². The van der Waals surface area contributed by atoms with Crippen LogP contribution in [0.25, 0.3) is 0 Å². The quantitative estimate of drug-likeness (QED) is 0.773. The molecule has 0 aliphatic carbocycles. The number of ether oxygens (including phenoxy) is 2. The van der Waals surface area contributed by atoms with Gasteiger partial charge in [0.2, 0.25) is 11.9 Å². The van der Waals surface area contributed by atoms with E-state index in [0.717, 1.165) is 0 Å². The van der Waals surface area contributed by atoms with Crippen LogP contribution < -0.4 is 15.8 Å². The highest BCUT2D eigenvalue weighted by Crippen LogP contribution is 2.18. The van der Waals surface area contributed by atoms with Gasteiger partial charge in [-0.15, -0.1) is 0 Å². The van der Waals surface area contributed by atoms with Gasteiger partial charge in [0.1, 0.15) is 24.2 Å². The van der Waals surface area contributed by atoms with E-state index < -0.39 is 6.10 Å². The number of amides is 1. The van der Waals surface area contributed by atoms with Crippen LogP contribution in [-0.4, -0.2) is 51.5 Å². The van der Waals surface area contributed by atoms with Crippen LogP contribution in [0.4, 0.5) is 10.3 Å². The minimum Gasteiger partial charge on any atom is -0.486 e. The van der Waals surface area contributed by atoms with E-state index in [-0.39, 0.29) is 30.3 Å². The van der Waals surface area contributed by atoms with Gasteiger partial charge in [0.25, 0.3) is 0 Å². The molecule has 0 saturated carbocycles. The Hall–Kier alpha value is -2.75. The van der Waals surface area contributed by atoms with Crippen molar-refractivity contribution in [3.8, 4) is 5.75 Å². The summed E-state index contributed by atoms with van der Waals surface area (Å²) < 4.78 is 25.6. The molecule has 2 aromatic rings. The van der Waals surface area contributed by atoms with Crippen LogP contribution in [0.2, 0.25) is 0 Å². The monoisotopic (exact) mass is 336 g/mol. The average molecular weight is 336 g/mol. The van der Waals surface area contributed by atoms with Crippen molar-refractivity contribution in [1.29, 1.82) is 0 Å². The predicted molar refractivity (Wildman–Crippen MR) is 80.4 cm³/mol. The highest BCUT2D eigenvalue weighted by Gasteiger charge is 2.29. The van der Waals surface area contributed by atoms with Crippen molar-refractivity contribution in [2.75, 3.05) is 18.9 Å². The number of halogens is 1. The molecule has 24 heavy (non-hydrogen) atoms. The number of benzene rings is 1. The third kappa shape index (κ3) is 3.96. The van der Waals surface area contributed by atoms with Crippen molar-refractivity contribution in [2.24, 2.45) is 0 Å². The smallest absolute Gasteiger partial charge is 0.242 e.